The number of allylic oxidation sites excluding steroid dienone is 1. The molecule has 0 aromatic rings. The normalized spacial score (nSPS) is 29.7. The molecule has 86 valence electrons. The molecule has 1 spiro atoms. The zero-order chi connectivity index (χ0) is 10.9. The van der Waals surface area contributed by atoms with E-state index in [0.717, 1.165) is 11.3 Å². The maximum Gasteiger partial charge on any atom is 0.0203 e. The van der Waals surface area contributed by atoms with Gasteiger partial charge < -0.3 is 4.90 Å². The van der Waals surface area contributed by atoms with Gasteiger partial charge in [0.1, 0.15) is 0 Å². The summed E-state index contributed by atoms with van der Waals surface area (Å²) in [6.45, 7) is 11.1. The molecule has 1 aliphatic carbocycles. The first-order valence-electron chi connectivity index (χ1n) is 6.56. The second-order valence-electron chi connectivity index (χ2n) is 5.76. The van der Waals surface area contributed by atoms with E-state index in [9.17, 15) is 0 Å². The second-order valence-corrected chi connectivity index (χ2v) is 5.76. The SMILES string of the molecule is C=C(C)N1CCC2(CCC2)C[C@@H](CC)C1. The van der Waals surface area contributed by atoms with Crippen LogP contribution in [0.2, 0.25) is 0 Å². The summed E-state index contributed by atoms with van der Waals surface area (Å²) in [4.78, 5) is 2.52. The Kier molecular flexibility index (Phi) is 3.08. The molecule has 1 heterocycles. The Morgan fingerprint density at radius 3 is 2.60 bits per heavy atom. The Bertz CT molecular complexity index is 240. The van der Waals surface area contributed by atoms with Gasteiger partial charge in [-0.25, -0.2) is 0 Å². The van der Waals surface area contributed by atoms with Gasteiger partial charge in [-0.2, -0.15) is 0 Å². The summed E-state index contributed by atoms with van der Waals surface area (Å²) in [5.41, 5.74) is 2.01. The van der Waals surface area contributed by atoms with Gasteiger partial charge in [-0.3, -0.25) is 0 Å². The van der Waals surface area contributed by atoms with Gasteiger partial charge in [0.2, 0.25) is 0 Å². The molecule has 1 nitrogen and oxygen atoms in total. The number of hydrogen-bond acceptors (Lipinski definition) is 1. The minimum atomic E-state index is 0.741. The molecule has 1 saturated heterocycles. The van der Waals surface area contributed by atoms with E-state index in [1.807, 2.05) is 0 Å². The first-order chi connectivity index (χ1) is 7.15. The lowest BCUT2D eigenvalue weighted by molar-refractivity contribution is 0.0946. The Morgan fingerprint density at radius 1 is 1.40 bits per heavy atom. The third-order valence-corrected chi connectivity index (χ3v) is 4.64. The van der Waals surface area contributed by atoms with Gasteiger partial charge in [-0.1, -0.05) is 26.3 Å². The molecule has 1 saturated carbocycles. The molecule has 0 amide bonds. The van der Waals surface area contributed by atoms with Crippen LogP contribution in [0.25, 0.3) is 0 Å². The Balaban J connectivity index is 2.04. The summed E-state index contributed by atoms with van der Waals surface area (Å²) in [5, 5.41) is 0. The van der Waals surface area contributed by atoms with Crippen molar-refractivity contribution in [1.29, 1.82) is 0 Å². The molecule has 0 radical (unpaired) electrons. The van der Waals surface area contributed by atoms with Gasteiger partial charge in [-0.05, 0) is 43.9 Å². The first-order valence-corrected chi connectivity index (χ1v) is 6.56. The summed E-state index contributed by atoms with van der Waals surface area (Å²) in [6.07, 6.45) is 8.69. The van der Waals surface area contributed by atoms with E-state index < -0.39 is 0 Å². The number of likely N-dealkylation sites (tertiary alicyclic amines) is 1. The predicted molar refractivity (Wildman–Crippen MR) is 65.7 cm³/mol. The van der Waals surface area contributed by atoms with Gasteiger partial charge in [0, 0.05) is 18.8 Å². The molecular weight excluding hydrogens is 182 g/mol. The van der Waals surface area contributed by atoms with Crippen molar-refractivity contribution in [3.8, 4) is 0 Å². The zero-order valence-electron chi connectivity index (χ0n) is 10.4. The topological polar surface area (TPSA) is 3.24 Å². The molecule has 2 aliphatic rings. The average Bonchev–Trinajstić information content (AvgIpc) is 2.35. The molecule has 2 fully saturated rings. The largest absolute Gasteiger partial charge is 0.375 e. The molecule has 1 heteroatoms. The molecule has 15 heavy (non-hydrogen) atoms. The highest BCUT2D eigenvalue weighted by Gasteiger charge is 2.40. The molecule has 0 aromatic carbocycles. The van der Waals surface area contributed by atoms with Crippen molar-refractivity contribution in [2.75, 3.05) is 13.1 Å². The van der Waals surface area contributed by atoms with Crippen molar-refractivity contribution in [2.24, 2.45) is 11.3 Å². The van der Waals surface area contributed by atoms with Crippen molar-refractivity contribution >= 4 is 0 Å². The summed E-state index contributed by atoms with van der Waals surface area (Å²) < 4.78 is 0. The minimum Gasteiger partial charge on any atom is -0.375 e. The quantitative estimate of drug-likeness (QED) is 0.665. The predicted octanol–water partition coefficient (Wildman–Crippen LogP) is 3.81. The maximum absolute atomic E-state index is 4.11. The highest BCUT2D eigenvalue weighted by Crippen LogP contribution is 2.50. The van der Waals surface area contributed by atoms with E-state index in [4.69, 9.17) is 0 Å². The lowest BCUT2D eigenvalue weighted by Gasteiger charge is -2.42. The molecule has 0 unspecified atom stereocenters. The fourth-order valence-corrected chi connectivity index (χ4v) is 3.31. The van der Waals surface area contributed by atoms with Crippen LogP contribution in [-0.4, -0.2) is 18.0 Å². The fraction of sp³-hybridized carbons (Fsp3) is 0.857. The van der Waals surface area contributed by atoms with Crippen molar-refractivity contribution in [3.63, 3.8) is 0 Å². The number of rotatable bonds is 2. The van der Waals surface area contributed by atoms with Crippen LogP contribution in [0, 0.1) is 11.3 Å². The monoisotopic (exact) mass is 207 g/mol. The second kappa shape index (κ2) is 4.19. The van der Waals surface area contributed by atoms with Crippen LogP contribution in [-0.2, 0) is 0 Å². The Morgan fingerprint density at radius 2 is 2.13 bits per heavy atom. The van der Waals surface area contributed by atoms with Crippen LogP contribution < -0.4 is 0 Å². The first kappa shape index (κ1) is 11.0. The average molecular weight is 207 g/mol. The lowest BCUT2D eigenvalue weighted by Crippen LogP contribution is -2.31. The van der Waals surface area contributed by atoms with E-state index in [1.165, 1.54) is 57.3 Å². The standard InChI is InChI=1S/C14H25N/c1-4-13-10-14(6-5-7-14)8-9-15(11-13)12(2)3/h13H,2,4-11H2,1,3H3/t13-/m1/s1. The molecule has 0 bridgehead atoms. The van der Waals surface area contributed by atoms with Crippen LogP contribution in [0.5, 0.6) is 0 Å². The van der Waals surface area contributed by atoms with Crippen LogP contribution in [0.3, 0.4) is 0 Å². The molecule has 0 aromatic heterocycles. The summed E-state index contributed by atoms with van der Waals surface area (Å²) in [6, 6.07) is 0. The van der Waals surface area contributed by atoms with Crippen molar-refractivity contribution in [1.82, 2.24) is 4.90 Å². The van der Waals surface area contributed by atoms with Gasteiger partial charge in [0.05, 0.1) is 0 Å². The fourth-order valence-electron chi connectivity index (χ4n) is 3.31. The Hall–Kier alpha value is -0.460. The van der Waals surface area contributed by atoms with E-state index in [2.05, 4.69) is 25.3 Å². The molecule has 1 aliphatic heterocycles. The van der Waals surface area contributed by atoms with Crippen LogP contribution in [0.1, 0.15) is 52.4 Å². The van der Waals surface area contributed by atoms with Gasteiger partial charge >= 0.3 is 0 Å². The van der Waals surface area contributed by atoms with Crippen molar-refractivity contribution in [3.05, 3.63) is 12.3 Å². The van der Waals surface area contributed by atoms with E-state index in [0.29, 0.717) is 0 Å². The lowest BCUT2D eigenvalue weighted by atomic mass is 9.63. The number of hydrogen-bond donors (Lipinski definition) is 0. The zero-order valence-corrected chi connectivity index (χ0v) is 10.4. The summed E-state index contributed by atoms with van der Waals surface area (Å²) in [5.74, 6) is 0.907. The maximum atomic E-state index is 4.11. The number of nitrogens with zero attached hydrogens (tertiary/aromatic N) is 1. The molecule has 2 rings (SSSR count). The van der Waals surface area contributed by atoms with E-state index in [-0.39, 0.29) is 0 Å². The third kappa shape index (κ3) is 2.21. The Labute approximate surface area is 94.5 Å². The minimum absolute atomic E-state index is 0.741. The summed E-state index contributed by atoms with van der Waals surface area (Å²) >= 11 is 0. The molecule has 1 atom stereocenters. The van der Waals surface area contributed by atoms with E-state index >= 15 is 0 Å². The van der Waals surface area contributed by atoms with E-state index in [1.54, 1.807) is 0 Å². The van der Waals surface area contributed by atoms with Crippen LogP contribution in [0.4, 0.5) is 0 Å². The van der Waals surface area contributed by atoms with Gasteiger partial charge in [0.25, 0.3) is 0 Å². The van der Waals surface area contributed by atoms with Crippen molar-refractivity contribution in [2.45, 2.75) is 52.4 Å². The highest BCUT2D eigenvalue weighted by molar-refractivity contribution is 4.97. The van der Waals surface area contributed by atoms with Crippen LogP contribution >= 0.6 is 0 Å². The smallest absolute Gasteiger partial charge is 0.0203 e. The third-order valence-electron chi connectivity index (χ3n) is 4.64. The van der Waals surface area contributed by atoms with Gasteiger partial charge in [0.15, 0.2) is 0 Å². The molecule has 0 N–H and O–H groups in total. The van der Waals surface area contributed by atoms with Crippen LogP contribution in [0.15, 0.2) is 12.3 Å². The molecular formula is C14H25N. The summed E-state index contributed by atoms with van der Waals surface area (Å²) in [7, 11) is 0. The highest BCUT2D eigenvalue weighted by atomic mass is 15.1. The van der Waals surface area contributed by atoms with Gasteiger partial charge in [-0.15, -0.1) is 0 Å². The van der Waals surface area contributed by atoms with Crippen molar-refractivity contribution < 1.29 is 0 Å².